The number of hydrogen-bond donors (Lipinski definition) is 0. The molecular formula is C15H11ClN2O3. The molecule has 0 N–H and O–H groups in total. The van der Waals surface area contributed by atoms with E-state index in [4.69, 9.17) is 11.6 Å². The van der Waals surface area contributed by atoms with Crippen LogP contribution in [-0.2, 0) is 6.42 Å². The highest BCUT2D eigenvalue weighted by atomic mass is 35.5. The number of para-hydroxylation sites is 1. The standard InChI is InChI=1S/C15H11ClN2O3/c16-12-6-5-11(9-14(12)18(20)21)15(19)17-8-7-10-3-1-2-4-13(10)17/h1-6,9H,7-8H2. The Morgan fingerprint density at radius 2 is 2.00 bits per heavy atom. The van der Waals surface area contributed by atoms with Crippen molar-refractivity contribution >= 4 is 28.9 Å². The Morgan fingerprint density at radius 3 is 2.76 bits per heavy atom. The highest BCUT2D eigenvalue weighted by molar-refractivity contribution is 6.32. The van der Waals surface area contributed by atoms with Crippen LogP contribution in [0.1, 0.15) is 15.9 Å². The summed E-state index contributed by atoms with van der Waals surface area (Å²) in [6.45, 7) is 0.578. The summed E-state index contributed by atoms with van der Waals surface area (Å²) in [5.41, 5.74) is 1.98. The lowest BCUT2D eigenvalue weighted by Gasteiger charge is -2.17. The first-order valence-corrected chi connectivity index (χ1v) is 6.79. The summed E-state index contributed by atoms with van der Waals surface area (Å²) in [7, 11) is 0. The number of carbonyl (C=O) groups is 1. The summed E-state index contributed by atoms with van der Waals surface area (Å²) >= 11 is 5.77. The van der Waals surface area contributed by atoms with E-state index >= 15 is 0 Å². The van der Waals surface area contributed by atoms with E-state index in [1.54, 1.807) is 4.90 Å². The highest BCUT2D eigenvalue weighted by Crippen LogP contribution is 2.31. The summed E-state index contributed by atoms with van der Waals surface area (Å²) in [4.78, 5) is 24.5. The average molecular weight is 303 g/mol. The second kappa shape index (κ2) is 5.18. The van der Waals surface area contributed by atoms with Crippen molar-refractivity contribution in [3.8, 4) is 0 Å². The molecule has 3 rings (SSSR count). The number of nitrogens with zero attached hydrogens (tertiary/aromatic N) is 2. The molecule has 0 aromatic heterocycles. The number of benzene rings is 2. The van der Waals surface area contributed by atoms with Crippen LogP contribution in [0.2, 0.25) is 5.02 Å². The molecule has 1 heterocycles. The second-order valence-corrected chi connectivity index (χ2v) is 5.17. The zero-order valence-electron chi connectivity index (χ0n) is 11.0. The van der Waals surface area contributed by atoms with Gasteiger partial charge in [-0.25, -0.2) is 0 Å². The molecule has 2 aromatic carbocycles. The summed E-state index contributed by atoms with van der Waals surface area (Å²) < 4.78 is 0. The number of nitro groups is 1. The van der Waals surface area contributed by atoms with Gasteiger partial charge in [-0.2, -0.15) is 0 Å². The Morgan fingerprint density at radius 1 is 1.24 bits per heavy atom. The maximum atomic E-state index is 12.6. The maximum absolute atomic E-state index is 12.6. The third-order valence-corrected chi connectivity index (χ3v) is 3.84. The normalized spacial score (nSPS) is 13.1. The molecule has 0 saturated carbocycles. The zero-order chi connectivity index (χ0) is 15.0. The van der Waals surface area contributed by atoms with Crippen LogP contribution in [0.25, 0.3) is 0 Å². The van der Waals surface area contributed by atoms with Crippen LogP contribution < -0.4 is 4.90 Å². The Balaban J connectivity index is 1.97. The molecule has 0 fully saturated rings. The van der Waals surface area contributed by atoms with Crippen LogP contribution in [0.3, 0.4) is 0 Å². The highest BCUT2D eigenvalue weighted by Gasteiger charge is 2.26. The topological polar surface area (TPSA) is 63.4 Å². The van der Waals surface area contributed by atoms with Gasteiger partial charge in [-0.15, -0.1) is 0 Å². The Labute approximate surface area is 125 Å². The van der Waals surface area contributed by atoms with Crippen molar-refractivity contribution in [3.05, 3.63) is 68.7 Å². The first kappa shape index (κ1) is 13.6. The molecule has 0 atom stereocenters. The SMILES string of the molecule is O=C(c1ccc(Cl)c([N+](=O)[O-])c1)N1CCc2ccccc21. The maximum Gasteiger partial charge on any atom is 0.288 e. The van der Waals surface area contributed by atoms with Crippen molar-refractivity contribution in [2.45, 2.75) is 6.42 Å². The monoisotopic (exact) mass is 302 g/mol. The van der Waals surface area contributed by atoms with Crippen molar-refractivity contribution in [1.29, 1.82) is 0 Å². The first-order valence-electron chi connectivity index (χ1n) is 6.41. The van der Waals surface area contributed by atoms with E-state index in [2.05, 4.69) is 0 Å². The van der Waals surface area contributed by atoms with Gasteiger partial charge in [-0.1, -0.05) is 29.8 Å². The molecule has 0 radical (unpaired) electrons. The fourth-order valence-electron chi connectivity index (χ4n) is 2.49. The molecule has 6 heteroatoms. The largest absolute Gasteiger partial charge is 0.308 e. The molecule has 0 aliphatic carbocycles. The zero-order valence-corrected chi connectivity index (χ0v) is 11.7. The number of halogens is 1. The predicted octanol–water partition coefficient (Wildman–Crippen LogP) is 3.45. The van der Waals surface area contributed by atoms with Gasteiger partial charge in [0.25, 0.3) is 11.6 Å². The average Bonchev–Trinajstić information content (AvgIpc) is 2.90. The lowest BCUT2D eigenvalue weighted by Crippen LogP contribution is -2.28. The predicted molar refractivity (Wildman–Crippen MR) is 79.9 cm³/mol. The minimum Gasteiger partial charge on any atom is -0.308 e. The van der Waals surface area contributed by atoms with E-state index in [1.807, 2.05) is 24.3 Å². The third-order valence-electron chi connectivity index (χ3n) is 3.52. The van der Waals surface area contributed by atoms with Gasteiger partial charge in [-0.3, -0.25) is 14.9 Å². The minimum atomic E-state index is -0.586. The number of carbonyl (C=O) groups excluding carboxylic acids is 1. The number of anilines is 1. The molecule has 1 aliphatic heterocycles. The van der Waals surface area contributed by atoms with Crippen molar-refractivity contribution < 1.29 is 9.72 Å². The van der Waals surface area contributed by atoms with E-state index in [9.17, 15) is 14.9 Å². The van der Waals surface area contributed by atoms with Crippen LogP contribution in [0, 0.1) is 10.1 Å². The van der Waals surface area contributed by atoms with E-state index in [-0.39, 0.29) is 22.2 Å². The molecular weight excluding hydrogens is 292 g/mol. The third kappa shape index (κ3) is 2.36. The van der Waals surface area contributed by atoms with E-state index in [0.717, 1.165) is 17.7 Å². The van der Waals surface area contributed by atoms with E-state index in [0.29, 0.717) is 6.54 Å². The molecule has 0 bridgehead atoms. The molecule has 106 valence electrons. The van der Waals surface area contributed by atoms with Crippen LogP contribution in [0.5, 0.6) is 0 Å². The minimum absolute atomic E-state index is 0.0263. The summed E-state index contributed by atoms with van der Waals surface area (Å²) in [6, 6.07) is 11.8. The summed E-state index contributed by atoms with van der Waals surface area (Å²) in [5, 5.41) is 10.9. The molecule has 1 amide bonds. The fraction of sp³-hybridized carbons (Fsp3) is 0.133. The summed E-state index contributed by atoms with van der Waals surface area (Å²) in [6.07, 6.45) is 0.789. The lowest BCUT2D eigenvalue weighted by atomic mass is 10.1. The van der Waals surface area contributed by atoms with Gasteiger partial charge in [0, 0.05) is 23.9 Å². The lowest BCUT2D eigenvalue weighted by molar-refractivity contribution is -0.384. The van der Waals surface area contributed by atoms with Gasteiger partial charge in [0.2, 0.25) is 0 Å². The van der Waals surface area contributed by atoms with Crippen molar-refractivity contribution in [3.63, 3.8) is 0 Å². The Bertz CT molecular complexity index is 745. The van der Waals surface area contributed by atoms with Gasteiger partial charge in [0.1, 0.15) is 5.02 Å². The van der Waals surface area contributed by atoms with Crippen LogP contribution in [0.4, 0.5) is 11.4 Å². The van der Waals surface area contributed by atoms with Crippen molar-refractivity contribution in [2.24, 2.45) is 0 Å². The fourth-order valence-corrected chi connectivity index (χ4v) is 2.68. The van der Waals surface area contributed by atoms with Crippen molar-refractivity contribution in [1.82, 2.24) is 0 Å². The smallest absolute Gasteiger partial charge is 0.288 e. The molecule has 2 aromatic rings. The Hall–Kier alpha value is -2.40. The van der Waals surface area contributed by atoms with Gasteiger partial charge >= 0.3 is 0 Å². The van der Waals surface area contributed by atoms with E-state index in [1.165, 1.54) is 18.2 Å². The number of fused-ring (bicyclic) bond motifs is 1. The molecule has 21 heavy (non-hydrogen) atoms. The van der Waals surface area contributed by atoms with Gasteiger partial charge in [0.15, 0.2) is 0 Å². The molecule has 0 unspecified atom stereocenters. The molecule has 5 nitrogen and oxygen atoms in total. The molecule has 0 spiro atoms. The number of amides is 1. The number of nitro benzene ring substituents is 1. The Kier molecular flexibility index (Phi) is 3.35. The first-order chi connectivity index (χ1) is 10.1. The van der Waals surface area contributed by atoms with Crippen LogP contribution >= 0.6 is 11.6 Å². The van der Waals surface area contributed by atoms with E-state index < -0.39 is 4.92 Å². The number of rotatable bonds is 2. The number of hydrogen-bond acceptors (Lipinski definition) is 3. The van der Waals surface area contributed by atoms with Crippen LogP contribution in [-0.4, -0.2) is 17.4 Å². The second-order valence-electron chi connectivity index (χ2n) is 4.76. The van der Waals surface area contributed by atoms with Crippen LogP contribution in [0.15, 0.2) is 42.5 Å². The van der Waals surface area contributed by atoms with Crippen molar-refractivity contribution in [2.75, 3.05) is 11.4 Å². The summed E-state index contributed by atoms with van der Waals surface area (Å²) in [5.74, 6) is -0.250. The van der Waals surface area contributed by atoms with Gasteiger partial charge in [-0.05, 0) is 30.2 Å². The van der Waals surface area contributed by atoms with Gasteiger partial charge < -0.3 is 4.90 Å². The molecule has 1 aliphatic rings. The molecule has 0 saturated heterocycles. The van der Waals surface area contributed by atoms with Gasteiger partial charge in [0.05, 0.1) is 4.92 Å². The quantitative estimate of drug-likeness (QED) is 0.630.